The zero-order valence-corrected chi connectivity index (χ0v) is 12.8. The molecule has 21 heavy (non-hydrogen) atoms. The van der Waals surface area contributed by atoms with Gasteiger partial charge < -0.3 is 15.0 Å². The first-order valence-corrected chi connectivity index (χ1v) is 7.55. The summed E-state index contributed by atoms with van der Waals surface area (Å²) in [6.45, 7) is 3.73. The molecule has 0 radical (unpaired) electrons. The van der Waals surface area contributed by atoms with E-state index in [4.69, 9.17) is 4.74 Å². The molecule has 2 heterocycles. The SMILES string of the molecule is Cc1nonc1OCCNC(=O)CCC1CCCCN1C. The van der Waals surface area contributed by atoms with Crippen molar-refractivity contribution in [2.75, 3.05) is 26.7 Å². The minimum Gasteiger partial charge on any atom is -0.472 e. The monoisotopic (exact) mass is 296 g/mol. The predicted octanol–water partition coefficient (Wildman–Crippen LogP) is 1.14. The summed E-state index contributed by atoms with van der Waals surface area (Å²) in [6.07, 6.45) is 5.24. The van der Waals surface area contributed by atoms with Crippen LogP contribution >= 0.6 is 0 Å². The van der Waals surface area contributed by atoms with Crippen molar-refractivity contribution >= 4 is 5.91 Å². The summed E-state index contributed by atoms with van der Waals surface area (Å²) in [5.41, 5.74) is 0.613. The van der Waals surface area contributed by atoms with Crippen molar-refractivity contribution in [2.24, 2.45) is 0 Å². The molecule has 1 unspecified atom stereocenters. The molecule has 2 rings (SSSR count). The first kappa shape index (κ1) is 15.8. The number of carbonyl (C=O) groups excluding carboxylic acids is 1. The summed E-state index contributed by atoms with van der Waals surface area (Å²) in [4.78, 5) is 14.2. The maximum atomic E-state index is 11.8. The highest BCUT2D eigenvalue weighted by molar-refractivity contribution is 5.75. The van der Waals surface area contributed by atoms with E-state index in [0.29, 0.717) is 37.2 Å². The van der Waals surface area contributed by atoms with Crippen LogP contribution in [0.5, 0.6) is 5.88 Å². The topological polar surface area (TPSA) is 80.5 Å². The number of ether oxygens (including phenoxy) is 1. The lowest BCUT2D eigenvalue weighted by molar-refractivity contribution is -0.121. The number of likely N-dealkylation sites (tertiary alicyclic amines) is 1. The maximum absolute atomic E-state index is 11.8. The van der Waals surface area contributed by atoms with Crippen LogP contribution in [0.1, 0.15) is 37.8 Å². The number of nitrogens with one attached hydrogen (secondary N) is 1. The van der Waals surface area contributed by atoms with Gasteiger partial charge in [0.05, 0.1) is 6.54 Å². The fourth-order valence-electron chi connectivity index (χ4n) is 2.59. The number of rotatable bonds is 7. The third-order valence-corrected chi connectivity index (χ3v) is 3.90. The van der Waals surface area contributed by atoms with Crippen LogP contribution in [-0.4, -0.2) is 53.9 Å². The summed E-state index contributed by atoms with van der Waals surface area (Å²) in [7, 11) is 2.14. The van der Waals surface area contributed by atoms with Gasteiger partial charge in [-0.2, -0.15) is 0 Å². The van der Waals surface area contributed by atoms with Crippen LogP contribution in [0.25, 0.3) is 0 Å². The van der Waals surface area contributed by atoms with Crippen LogP contribution in [0.2, 0.25) is 0 Å². The molecule has 0 saturated carbocycles. The molecular formula is C14H24N4O3. The first-order valence-electron chi connectivity index (χ1n) is 7.55. The van der Waals surface area contributed by atoms with Gasteiger partial charge in [-0.05, 0) is 44.9 Å². The van der Waals surface area contributed by atoms with E-state index in [-0.39, 0.29) is 5.91 Å². The van der Waals surface area contributed by atoms with E-state index in [0.717, 1.165) is 13.0 Å². The molecule has 7 heteroatoms. The average molecular weight is 296 g/mol. The Morgan fingerprint density at radius 1 is 1.48 bits per heavy atom. The Bertz CT molecular complexity index is 449. The molecule has 0 spiro atoms. The number of carbonyl (C=O) groups is 1. The second kappa shape index (κ2) is 7.97. The lowest BCUT2D eigenvalue weighted by atomic mass is 9.98. The van der Waals surface area contributed by atoms with Crippen LogP contribution < -0.4 is 10.1 Å². The van der Waals surface area contributed by atoms with Gasteiger partial charge in [0.15, 0.2) is 0 Å². The van der Waals surface area contributed by atoms with Gasteiger partial charge >= 0.3 is 0 Å². The van der Waals surface area contributed by atoms with E-state index in [9.17, 15) is 4.79 Å². The number of aryl methyl sites for hydroxylation is 1. The van der Waals surface area contributed by atoms with E-state index >= 15 is 0 Å². The van der Waals surface area contributed by atoms with Crippen molar-refractivity contribution in [1.29, 1.82) is 0 Å². The highest BCUT2D eigenvalue weighted by atomic mass is 16.6. The van der Waals surface area contributed by atoms with Crippen molar-refractivity contribution < 1.29 is 14.2 Å². The third kappa shape index (κ3) is 5.00. The minimum absolute atomic E-state index is 0.0765. The number of piperidine rings is 1. The molecule has 0 bridgehead atoms. The molecule has 1 aromatic rings. The normalized spacial score (nSPS) is 19.4. The smallest absolute Gasteiger partial charge is 0.278 e. The van der Waals surface area contributed by atoms with Crippen LogP contribution in [0, 0.1) is 6.92 Å². The summed E-state index contributed by atoms with van der Waals surface area (Å²) < 4.78 is 9.87. The molecule has 1 aliphatic heterocycles. The van der Waals surface area contributed by atoms with E-state index in [1.165, 1.54) is 19.3 Å². The Hall–Kier alpha value is -1.63. The van der Waals surface area contributed by atoms with E-state index in [2.05, 4.69) is 32.2 Å². The summed E-state index contributed by atoms with van der Waals surface area (Å²) in [6, 6.07) is 0.546. The number of hydrogen-bond acceptors (Lipinski definition) is 6. The molecule has 0 aliphatic carbocycles. The van der Waals surface area contributed by atoms with Gasteiger partial charge in [-0.1, -0.05) is 11.6 Å². The Morgan fingerprint density at radius 2 is 2.33 bits per heavy atom. The molecule has 1 saturated heterocycles. The lowest BCUT2D eigenvalue weighted by Gasteiger charge is -2.32. The van der Waals surface area contributed by atoms with Gasteiger partial charge in [0, 0.05) is 12.5 Å². The molecule has 1 N–H and O–H groups in total. The van der Waals surface area contributed by atoms with Crippen LogP contribution in [0.4, 0.5) is 0 Å². The van der Waals surface area contributed by atoms with Gasteiger partial charge in [-0.25, -0.2) is 4.63 Å². The summed E-state index contributed by atoms with van der Waals surface area (Å²) >= 11 is 0. The van der Waals surface area contributed by atoms with E-state index in [1.807, 2.05) is 0 Å². The average Bonchev–Trinajstić information content (AvgIpc) is 2.88. The molecule has 1 aromatic heterocycles. The van der Waals surface area contributed by atoms with Crippen molar-refractivity contribution in [3.05, 3.63) is 5.69 Å². The quantitative estimate of drug-likeness (QED) is 0.760. The number of aromatic nitrogens is 2. The van der Waals surface area contributed by atoms with Crippen LogP contribution in [0.3, 0.4) is 0 Å². The largest absolute Gasteiger partial charge is 0.472 e. The van der Waals surface area contributed by atoms with Crippen molar-refractivity contribution in [2.45, 2.75) is 45.1 Å². The van der Waals surface area contributed by atoms with Gasteiger partial charge in [0.1, 0.15) is 12.3 Å². The number of hydrogen-bond donors (Lipinski definition) is 1. The van der Waals surface area contributed by atoms with Gasteiger partial charge in [0.25, 0.3) is 5.88 Å². The van der Waals surface area contributed by atoms with E-state index in [1.54, 1.807) is 6.92 Å². The maximum Gasteiger partial charge on any atom is 0.278 e. The first-order chi connectivity index (χ1) is 10.2. The molecule has 1 fully saturated rings. The van der Waals surface area contributed by atoms with Gasteiger partial charge in [-0.3, -0.25) is 4.79 Å². The Balaban J connectivity index is 1.56. The highest BCUT2D eigenvalue weighted by Gasteiger charge is 2.19. The fourth-order valence-corrected chi connectivity index (χ4v) is 2.59. The molecule has 0 aromatic carbocycles. The second-order valence-electron chi connectivity index (χ2n) is 5.52. The number of amides is 1. The molecule has 1 atom stereocenters. The van der Waals surface area contributed by atoms with E-state index < -0.39 is 0 Å². The number of nitrogens with zero attached hydrogens (tertiary/aromatic N) is 3. The standard InChI is InChI=1S/C14H24N4O3/c1-11-14(17-21-16-11)20-10-8-15-13(19)7-6-12-5-3-4-9-18(12)2/h12H,3-10H2,1-2H3,(H,15,19). The Labute approximate surface area is 125 Å². The molecule has 7 nitrogen and oxygen atoms in total. The minimum atomic E-state index is 0.0765. The van der Waals surface area contributed by atoms with Crippen molar-refractivity contribution in [3.63, 3.8) is 0 Å². The summed E-state index contributed by atoms with van der Waals surface area (Å²) in [5, 5.41) is 10.1. The van der Waals surface area contributed by atoms with Crippen molar-refractivity contribution in [1.82, 2.24) is 20.5 Å². The molecule has 118 valence electrons. The zero-order valence-electron chi connectivity index (χ0n) is 12.8. The molecule has 1 aliphatic rings. The van der Waals surface area contributed by atoms with Crippen LogP contribution in [0.15, 0.2) is 4.63 Å². The van der Waals surface area contributed by atoms with Gasteiger partial charge in [0.2, 0.25) is 5.91 Å². The third-order valence-electron chi connectivity index (χ3n) is 3.90. The fraction of sp³-hybridized carbons (Fsp3) is 0.786. The van der Waals surface area contributed by atoms with Gasteiger partial charge in [-0.15, -0.1) is 0 Å². The lowest BCUT2D eigenvalue weighted by Crippen LogP contribution is -2.37. The Kier molecular flexibility index (Phi) is 5.98. The van der Waals surface area contributed by atoms with Crippen molar-refractivity contribution in [3.8, 4) is 5.88 Å². The summed E-state index contributed by atoms with van der Waals surface area (Å²) in [5.74, 6) is 0.459. The Morgan fingerprint density at radius 3 is 3.05 bits per heavy atom. The van der Waals surface area contributed by atoms with Crippen LogP contribution in [-0.2, 0) is 4.79 Å². The molecular weight excluding hydrogens is 272 g/mol. The second-order valence-corrected chi connectivity index (χ2v) is 5.52. The molecule has 1 amide bonds. The predicted molar refractivity (Wildman–Crippen MR) is 77.0 cm³/mol. The zero-order chi connectivity index (χ0) is 15.1. The highest BCUT2D eigenvalue weighted by Crippen LogP contribution is 2.18.